The second-order valence-corrected chi connectivity index (χ2v) is 13.6. The number of hydrogen-bond donors (Lipinski definition) is 0. The van der Waals surface area contributed by atoms with Crippen molar-refractivity contribution >= 4 is 92.7 Å². The third kappa shape index (κ3) is 4.39. The Morgan fingerprint density at radius 1 is 0.478 bits per heavy atom. The van der Waals surface area contributed by atoms with E-state index >= 15 is 0 Å². The fourth-order valence-corrected chi connectivity index (χ4v) is 8.78. The zero-order chi connectivity index (χ0) is 30.6. The van der Waals surface area contributed by atoms with E-state index in [9.17, 15) is 0 Å². The van der Waals surface area contributed by atoms with Crippen molar-refractivity contribution in [1.29, 1.82) is 0 Å². The molecule has 0 aliphatic rings. The predicted molar refractivity (Wildman–Crippen MR) is 204 cm³/mol. The first-order valence-corrected chi connectivity index (χ1v) is 17.6. The highest BCUT2D eigenvalue weighted by molar-refractivity contribution is 7.98. The molecule has 0 bridgehead atoms. The molecule has 0 amide bonds. The Labute approximate surface area is 276 Å². The Balaban J connectivity index is 1.34. The third-order valence-electron chi connectivity index (χ3n) is 9.12. The highest BCUT2D eigenvalue weighted by Gasteiger charge is 2.20. The van der Waals surface area contributed by atoms with Crippen LogP contribution >= 0.6 is 23.1 Å². The number of hydrogen-bond acceptors (Lipinski definition) is 3. The van der Waals surface area contributed by atoms with E-state index in [-0.39, 0.29) is 0 Å². The van der Waals surface area contributed by atoms with Crippen LogP contribution in [0.15, 0.2) is 163 Å². The molecular formula is C43H29NS2. The van der Waals surface area contributed by atoms with Crippen molar-refractivity contribution in [1.82, 2.24) is 0 Å². The molecule has 0 N–H and O–H groups in total. The highest BCUT2D eigenvalue weighted by Crippen LogP contribution is 2.46. The largest absolute Gasteiger partial charge is 0.310 e. The normalized spacial score (nSPS) is 11.7. The van der Waals surface area contributed by atoms with Crippen LogP contribution in [0, 0.1) is 0 Å². The van der Waals surface area contributed by atoms with Crippen LogP contribution in [-0.2, 0) is 0 Å². The van der Waals surface area contributed by atoms with Gasteiger partial charge in [0.05, 0.1) is 5.69 Å². The van der Waals surface area contributed by atoms with Gasteiger partial charge >= 0.3 is 0 Å². The maximum absolute atomic E-state index is 2.47. The van der Waals surface area contributed by atoms with Gasteiger partial charge in [0.2, 0.25) is 0 Å². The Morgan fingerprint density at radius 3 is 1.98 bits per heavy atom. The third-order valence-corrected chi connectivity index (χ3v) is 11.0. The standard InChI is InChI=1S/C43H29NS2/c1-45-41-26-31(21-23-33(41)28-11-3-2-4-12-28)44(32-22-24-37-36-16-9-10-18-40(36)46-42(37)27-32)39-25-30-20-19-29-13-5-6-14-34(29)43(30)38-17-8-7-15-35(38)39/h2-27H,1H3. The number of thioether (sulfide) groups is 1. The molecule has 0 aliphatic carbocycles. The van der Waals surface area contributed by atoms with Gasteiger partial charge in [0.1, 0.15) is 0 Å². The molecule has 0 saturated carbocycles. The van der Waals surface area contributed by atoms with Crippen LogP contribution in [-0.4, -0.2) is 6.26 Å². The second-order valence-electron chi connectivity index (χ2n) is 11.7. The van der Waals surface area contributed by atoms with Crippen LogP contribution in [0.25, 0.3) is 63.6 Å². The molecule has 1 nitrogen and oxygen atoms in total. The topological polar surface area (TPSA) is 3.24 Å². The molecule has 1 aromatic heterocycles. The zero-order valence-corrected chi connectivity index (χ0v) is 26.9. The van der Waals surface area contributed by atoms with Gasteiger partial charge in [-0.1, -0.05) is 121 Å². The van der Waals surface area contributed by atoms with Gasteiger partial charge in [-0.05, 0) is 80.7 Å². The van der Waals surface area contributed by atoms with Gasteiger partial charge in [0, 0.05) is 41.8 Å². The molecule has 0 radical (unpaired) electrons. The molecule has 9 rings (SSSR count). The minimum atomic E-state index is 1.15. The number of anilines is 3. The van der Waals surface area contributed by atoms with Gasteiger partial charge in [0.25, 0.3) is 0 Å². The Kier molecular flexibility index (Phi) is 6.55. The summed E-state index contributed by atoms with van der Waals surface area (Å²) in [6.07, 6.45) is 2.18. The summed E-state index contributed by atoms with van der Waals surface area (Å²) >= 11 is 3.67. The molecular weight excluding hydrogens is 595 g/mol. The number of rotatable bonds is 5. The molecule has 0 atom stereocenters. The number of fused-ring (bicyclic) bond motifs is 8. The molecule has 0 unspecified atom stereocenters. The van der Waals surface area contributed by atoms with Crippen LogP contribution in [0.5, 0.6) is 0 Å². The summed E-state index contributed by atoms with van der Waals surface area (Å²) < 4.78 is 2.62. The fraction of sp³-hybridized carbons (Fsp3) is 0.0233. The van der Waals surface area contributed by atoms with Crippen molar-refractivity contribution in [2.24, 2.45) is 0 Å². The number of benzene rings is 8. The maximum Gasteiger partial charge on any atom is 0.0546 e. The van der Waals surface area contributed by atoms with E-state index in [1.165, 1.54) is 74.2 Å². The summed E-state index contributed by atoms with van der Waals surface area (Å²) in [5.41, 5.74) is 5.98. The fourth-order valence-electron chi connectivity index (χ4n) is 7.00. The summed E-state index contributed by atoms with van der Waals surface area (Å²) in [6.45, 7) is 0. The Bertz CT molecular complexity index is 2580. The summed E-state index contributed by atoms with van der Waals surface area (Å²) in [6, 6.07) is 57.9. The zero-order valence-electron chi connectivity index (χ0n) is 25.3. The Morgan fingerprint density at radius 2 is 1.13 bits per heavy atom. The molecule has 3 heteroatoms. The molecule has 46 heavy (non-hydrogen) atoms. The molecule has 9 aromatic rings. The molecule has 0 saturated heterocycles. The SMILES string of the molecule is CSc1cc(N(c2ccc3c(c2)sc2ccccc23)c2cc3ccc4ccccc4c3c3ccccc23)ccc1-c1ccccc1. The van der Waals surface area contributed by atoms with Gasteiger partial charge in [-0.25, -0.2) is 0 Å². The number of thiophene rings is 1. The van der Waals surface area contributed by atoms with Gasteiger partial charge < -0.3 is 4.90 Å². The quantitative estimate of drug-likeness (QED) is 0.139. The summed E-state index contributed by atoms with van der Waals surface area (Å²) in [4.78, 5) is 3.72. The molecule has 8 aromatic carbocycles. The van der Waals surface area contributed by atoms with E-state index in [0.717, 1.165) is 11.4 Å². The first-order chi connectivity index (χ1) is 22.8. The first-order valence-electron chi connectivity index (χ1n) is 15.5. The molecule has 0 spiro atoms. The van der Waals surface area contributed by atoms with Crippen molar-refractivity contribution < 1.29 is 0 Å². The average Bonchev–Trinajstić information content (AvgIpc) is 3.50. The summed E-state index contributed by atoms with van der Waals surface area (Å²) in [5.74, 6) is 0. The summed E-state index contributed by atoms with van der Waals surface area (Å²) in [5, 5.41) is 10.2. The number of nitrogens with zero attached hydrogens (tertiary/aromatic N) is 1. The molecule has 0 fully saturated rings. The smallest absolute Gasteiger partial charge is 0.0546 e. The van der Waals surface area contributed by atoms with E-state index in [1.807, 2.05) is 11.3 Å². The van der Waals surface area contributed by atoms with E-state index in [2.05, 4.69) is 169 Å². The van der Waals surface area contributed by atoms with Crippen molar-refractivity contribution in [3.63, 3.8) is 0 Å². The van der Waals surface area contributed by atoms with Crippen LogP contribution in [0.1, 0.15) is 0 Å². The van der Waals surface area contributed by atoms with E-state index in [4.69, 9.17) is 0 Å². The summed E-state index contributed by atoms with van der Waals surface area (Å²) in [7, 11) is 0. The van der Waals surface area contributed by atoms with Gasteiger partial charge in [-0.3, -0.25) is 0 Å². The minimum Gasteiger partial charge on any atom is -0.310 e. The monoisotopic (exact) mass is 623 g/mol. The van der Waals surface area contributed by atoms with Crippen molar-refractivity contribution in [3.05, 3.63) is 158 Å². The van der Waals surface area contributed by atoms with Gasteiger partial charge in [-0.2, -0.15) is 0 Å². The van der Waals surface area contributed by atoms with E-state index in [1.54, 1.807) is 11.8 Å². The minimum absolute atomic E-state index is 1.15. The molecule has 0 aliphatic heterocycles. The van der Waals surface area contributed by atoms with Crippen LogP contribution in [0.4, 0.5) is 17.1 Å². The van der Waals surface area contributed by atoms with Crippen LogP contribution < -0.4 is 4.90 Å². The first kappa shape index (κ1) is 27.2. The van der Waals surface area contributed by atoms with E-state index in [0.29, 0.717) is 0 Å². The van der Waals surface area contributed by atoms with Gasteiger partial charge in [0.15, 0.2) is 0 Å². The van der Waals surface area contributed by atoms with Crippen molar-refractivity contribution in [3.8, 4) is 11.1 Å². The maximum atomic E-state index is 2.47. The van der Waals surface area contributed by atoms with Crippen molar-refractivity contribution in [2.45, 2.75) is 4.90 Å². The lowest BCUT2D eigenvalue weighted by Crippen LogP contribution is -2.11. The van der Waals surface area contributed by atoms with E-state index < -0.39 is 0 Å². The van der Waals surface area contributed by atoms with Crippen LogP contribution in [0.3, 0.4) is 0 Å². The highest BCUT2D eigenvalue weighted by atomic mass is 32.2. The second kappa shape index (κ2) is 11.1. The lowest BCUT2D eigenvalue weighted by molar-refractivity contribution is 1.28. The average molecular weight is 624 g/mol. The van der Waals surface area contributed by atoms with Gasteiger partial charge in [-0.15, -0.1) is 23.1 Å². The molecule has 1 heterocycles. The lowest BCUT2D eigenvalue weighted by atomic mass is 9.94. The van der Waals surface area contributed by atoms with Crippen molar-refractivity contribution in [2.75, 3.05) is 11.2 Å². The lowest BCUT2D eigenvalue weighted by Gasteiger charge is -2.28. The molecule has 218 valence electrons. The van der Waals surface area contributed by atoms with Crippen LogP contribution in [0.2, 0.25) is 0 Å². The predicted octanol–water partition coefficient (Wildman–Crippen LogP) is 13.4. The Hall–Kier alpha value is -5.09.